The minimum absolute atomic E-state index is 0.391. The second-order valence-corrected chi connectivity index (χ2v) is 3.46. The minimum Gasteiger partial charge on any atom is -0.472 e. The molecule has 0 atom stereocenters. The third kappa shape index (κ3) is 2.75. The van der Waals surface area contributed by atoms with Crippen LogP contribution >= 0.6 is 0 Å². The number of rotatable bonds is 6. The molecule has 0 bridgehead atoms. The molecule has 2 aromatic heterocycles. The van der Waals surface area contributed by atoms with Gasteiger partial charge in [-0.25, -0.2) is 0 Å². The van der Waals surface area contributed by atoms with E-state index in [2.05, 4.69) is 10.2 Å². The summed E-state index contributed by atoms with van der Waals surface area (Å²) in [5.74, 6) is 0. The molecule has 0 aliphatic heterocycles. The summed E-state index contributed by atoms with van der Waals surface area (Å²) in [7, 11) is 0. The first-order valence-corrected chi connectivity index (χ1v) is 5.66. The molecule has 17 heavy (non-hydrogen) atoms. The van der Waals surface area contributed by atoms with Crippen LogP contribution < -0.4 is 0 Å². The third-order valence-electron chi connectivity index (χ3n) is 2.30. The van der Waals surface area contributed by atoms with Crippen LogP contribution in [0.3, 0.4) is 0 Å². The Balaban J connectivity index is 2.15. The first-order valence-electron chi connectivity index (χ1n) is 5.66. The van der Waals surface area contributed by atoms with Crippen molar-refractivity contribution in [1.82, 2.24) is 10.2 Å². The van der Waals surface area contributed by atoms with Gasteiger partial charge in [-0.15, -0.1) is 0 Å². The second kappa shape index (κ2) is 5.65. The van der Waals surface area contributed by atoms with Crippen LogP contribution in [-0.2, 0) is 9.47 Å². The fourth-order valence-electron chi connectivity index (χ4n) is 1.55. The number of furan rings is 1. The number of H-pyrrole nitrogens is 1. The summed E-state index contributed by atoms with van der Waals surface area (Å²) < 4.78 is 16.0. The van der Waals surface area contributed by atoms with E-state index in [1.807, 2.05) is 26.0 Å². The molecule has 92 valence electrons. The average Bonchev–Trinajstić information content (AvgIpc) is 2.99. The summed E-state index contributed by atoms with van der Waals surface area (Å²) in [5.41, 5.74) is 2.56. The summed E-state index contributed by atoms with van der Waals surface area (Å²) in [6.07, 6.45) is 2.88. The molecule has 2 rings (SSSR count). The first-order chi connectivity index (χ1) is 8.35. The number of aromatic nitrogens is 2. The zero-order valence-corrected chi connectivity index (χ0v) is 9.97. The van der Waals surface area contributed by atoms with Gasteiger partial charge in [0, 0.05) is 18.8 Å². The lowest BCUT2D eigenvalue weighted by atomic mass is 10.2. The molecule has 0 saturated carbocycles. The number of hydrogen-bond acceptors (Lipinski definition) is 4. The Kier molecular flexibility index (Phi) is 3.95. The molecular formula is C12H16N2O3. The second-order valence-electron chi connectivity index (χ2n) is 3.46. The van der Waals surface area contributed by atoms with Crippen LogP contribution in [0.1, 0.15) is 25.8 Å². The summed E-state index contributed by atoms with van der Waals surface area (Å²) in [4.78, 5) is 0. The molecular weight excluding hydrogens is 220 g/mol. The van der Waals surface area contributed by atoms with Gasteiger partial charge in [-0.1, -0.05) is 0 Å². The molecule has 0 fully saturated rings. The molecule has 0 aliphatic carbocycles. The maximum Gasteiger partial charge on any atom is 0.200 e. The van der Waals surface area contributed by atoms with Crippen molar-refractivity contribution in [2.24, 2.45) is 0 Å². The lowest BCUT2D eigenvalue weighted by Gasteiger charge is -2.14. The van der Waals surface area contributed by atoms with Crippen molar-refractivity contribution in [3.05, 3.63) is 30.4 Å². The number of ether oxygens (including phenoxy) is 2. The van der Waals surface area contributed by atoms with Gasteiger partial charge in [0.1, 0.15) is 0 Å². The van der Waals surface area contributed by atoms with E-state index in [0.717, 1.165) is 17.0 Å². The van der Waals surface area contributed by atoms with Gasteiger partial charge in [-0.2, -0.15) is 5.10 Å². The standard InChI is InChI=1S/C12H16N2O3/c1-3-16-12(17-4-2)11-7-10(13-14-11)9-5-6-15-8-9/h5-8,12H,3-4H2,1-2H3,(H,13,14). The molecule has 0 radical (unpaired) electrons. The monoisotopic (exact) mass is 236 g/mol. The van der Waals surface area contributed by atoms with Crippen LogP contribution in [-0.4, -0.2) is 23.4 Å². The molecule has 2 heterocycles. The summed E-state index contributed by atoms with van der Waals surface area (Å²) in [6.45, 7) is 5.04. The maximum absolute atomic E-state index is 5.48. The van der Waals surface area contributed by atoms with Crippen molar-refractivity contribution in [2.45, 2.75) is 20.1 Å². The highest BCUT2D eigenvalue weighted by Crippen LogP contribution is 2.23. The van der Waals surface area contributed by atoms with Gasteiger partial charge >= 0.3 is 0 Å². The molecule has 0 aliphatic rings. The Hall–Kier alpha value is -1.59. The average molecular weight is 236 g/mol. The van der Waals surface area contributed by atoms with Gasteiger partial charge in [0.15, 0.2) is 6.29 Å². The molecule has 0 unspecified atom stereocenters. The Morgan fingerprint density at radius 3 is 2.71 bits per heavy atom. The molecule has 0 spiro atoms. The molecule has 0 saturated heterocycles. The highest BCUT2D eigenvalue weighted by molar-refractivity contribution is 5.57. The number of nitrogens with zero attached hydrogens (tertiary/aromatic N) is 1. The van der Waals surface area contributed by atoms with Gasteiger partial charge in [0.25, 0.3) is 0 Å². The zero-order valence-electron chi connectivity index (χ0n) is 9.97. The van der Waals surface area contributed by atoms with E-state index in [9.17, 15) is 0 Å². The molecule has 1 N–H and O–H groups in total. The van der Waals surface area contributed by atoms with Gasteiger partial charge in [-0.05, 0) is 26.0 Å². The number of aromatic amines is 1. The SMILES string of the molecule is CCOC(OCC)c1cc(-c2ccoc2)n[nH]1. The van der Waals surface area contributed by atoms with E-state index in [-0.39, 0.29) is 0 Å². The van der Waals surface area contributed by atoms with Crippen LogP contribution in [0.2, 0.25) is 0 Å². The highest BCUT2D eigenvalue weighted by Gasteiger charge is 2.15. The fourth-order valence-corrected chi connectivity index (χ4v) is 1.55. The Morgan fingerprint density at radius 1 is 1.35 bits per heavy atom. The topological polar surface area (TPSA) is 60.3 Å². The van der Waals surface area contributed by atoms with Crippen LogP contribution in [0.25, 0.3) is 11.3 Å². The van der Waals surface area contributed by atoms with Crippen molar-refractivity contribution in [3.8, 4) is 11.3 Å². The van der Waals surface area contributed by atoms with Crippen LogP contribution in [0.4, 0.5) is 0 Å². The van der Waals surface area contributed by atoms with E-state index >= 15 is 0 Å². The van der Waals surface area contributed by atoms with Gasteiger partial charge < -0.3 is 13.9 Å². The molecule has 2 aromatic rings. The highest BCUT2D eigenvalue weighted by atomic mass is 16.7. The quantitative estimate of drug-likeness (QED) is 0.783. The van der Waals surface area contributed by atoms with Crippen LogP contribution in [0.5, 0.6) is 0 Å². The normalized spacial score (nSPS) is 11.2. The van der Waals surface area contributed by atoms with Crippen molar-refractivity contribution in [3.63, 3.8) is 0 Å². The molecule has 0 amide bonds. The lowest BCUT2D eigenvalue weighted by molar-refractivity contribution is -0.142. The van der Waals surface area contributed by atoms with Crippen molar-refractivity contribution < 1.29 is 13.9 Å². The lowest BCUT2D eigenvalue weighted by Crippen LogP contribution is -2.09. The number of hydrogen-bond donors (Lipinski definition) is 1. The Morgan fingerprint density at radius 2 is 2.12 bits per heavy atom. The van der Waals surface area contributed by atoms with Gasteiger partial charge in [0.05, 0.1) is 23.9 Å². The van der Waals surface area contributed by atoms with E-state index in [1.54, 1.807) is 12.5 Å². The van der Waals surface area contributed by atoms with Crippen LogP contribution in [0.15, 0.2) is 29.1 Å². The van der Waals surface area contributed by atoms with Gasteiger partial charge in [-0.3, -0.25) is 5.10 Å². The van der Waals surface area contributed by atoms with Crippen molar-refractivity contribution in [2.75, 3.05) is 13.2 Å². The molecule has 5 nitrogen and oxygen atoms in total. The zero-order chi connectivity index (χ0) is 12.1. The predicted octanol–water partition coefficient (Wildman–Crippen LogP) is 2.74. The molecule has 5 heteroatoms. The smallest absolute Gasteiger partial charge is 0.200 e. The predicted molar refractivity (Wildman–Crippen MR) is 62.3 cm³/mol. The largest absolute Gasteiger partial charge is 0.472 e. The first kappa shape index (κ1) is 11.9. The van der Waals surface area contributed by atoms with Crippen LogP contribution in [0, 0.1) is 0 Å². The summed E-state index contributed by atoms with van der Waals surface area (Å²) >= 11 is 0. The third-order valence-corrected chi connectivity index (χ3v) is 2.30. The summed E-state index contributed by atoms with van der Waals surface area (Å²) in [5, 5.41) is 7.12. The Bertz CT molecular complexity index is 430. The van der Waals surface area contributed by atoms with E-state index in [1.165, 1.54) is 0 Å². The van der Waals surface area contributed by atoms with E-state index in [4.69, 9.17) is 13.9 Å². The van der Waals surface area contributed by atoms with Gasteiger partial charge in [0.2, 0.25) is 0 Å². The maximum atomic E-state index is 5.48. The van der Waals surface area contributed by atoms with Crippen molar-refractivity contribution >= 4 is 0 Å². The Labute approximate surface area is 99.7 Å². The fraction of sp³-hybridized carbons (Fsp3) is 0.417. The summed E-state index contributed by atoms with van der Waals surface area (Å²) in [6, 6.07) is 3.76. The van der Waals surface area contributed by atoms with E-state index < -0.39 is 6.29 Å². The van der Waals surface area contributed by atoms with E-state index in [0.29, 0.717) is 13.2 Å². The van der Waals surface area contributed by atoms with Crippen molar-refractivity contribution in [1.29, 1.82) is 0 Å². The minimum atomic E-state index is -0.391. The molecule has 0 aromatic carbocycles. The number of nitrogens with one attached hydrogen (secondary N) is 1.